The molecule has 0 aromatic heterocycles. The predicted molar refractivity (Wildman–Crippen MR) is 79.6 cm³/mol. The van der Waals surface area contributed by atoms with Crippen LogP contribution in [0.1, 0.15) is 35.3 Å². The molecule has 0 heterocycles. The summed E-state index contributed by atoms with van der Waals surface area (Å²) in [6.07, 6.45) is 1.64. The molecule has 2 nitrogen and oxygen atoms in total. The van der Waals surface area contributed by atoms with Crippen LogP contribution in [0, 0.1) is 5.82 Å². The van der Waals surface area contributed by atoms with Gasteiger partial charge in [0.2, 0.25) is 0 Å². The van der Waals surface area contributed by atoms with Crippen molar-refractivity contribution in [3.05, 3.63) is 65.0 Å². The first kappa shape index (κ1) is 14.3. The number of carbonyl (C=O) groups is 1. The summed E-state index contributed by atoms with van der Waals surface area (Å²) in [5.41, 5.74) is 3.01. The summed E-state index contributed by atoms with van der Waals surface area (Å²) >= 11 is 0. The molecule has 0 aliphatic rings. The fourth-order valence-electron chi connectivity index (χ4n) is 2.23. The zero-order chi connectivity index (χ0) is 14.5. The highest BCUT2D eigenvalue weighted by atomic mass is 19.1. The minimum atomic E-state index is -0.503. The van der Waals surface area contributed by atoms with Crippen LogP contribution in [0.2, 0.25) is 0 Å². The molecular formula is C17H18FNO. The molecule has 3 heteroatoms. The quantitative estimate of drug-likeness (QED) is 0.887. The minimum Gasteiger partial charge on any atom is -0.321 e. The van der Waals surface area contributed by atoms with E-state index in [1.807, 2.05) is 32.0 Å². The second kappa shape index (κ2) is 6.33. The van der Waals surface area contributed by atoms with Gasteiger partial charge in [-0.15, -0.1) is 0 Å². The number of hydrogen-bond donors (Lipinski definition) is 1. The van der Waals surface area contributed by atoms with E-state index < -0.39 is 11.7 Å². The predicted octanol–water partition coefficient (Wildman–Crippen LogP) is 4.20. The smallest absolute Gasteiger partial charge is 0.258 e. The second-order valence-corrected chi connectivity index (χ2v) is 4.59. The number of rotatable bonds is 4. The summed E-state index contributed by atoms with van der Waals surface area (Å²) in [5, 5.41) is 2.86. The van der Waals surface area contributed by atoms with E-state index in [-0.39, 0.29) is 5.56 Å². The summed E-state index contributed by atoms with van der Waals surface area (Å²) in [6.45, 7) is 4.07. The van der Waals surface area contributed by atoms with Crippen LogP contribution in [0.4, 0.5) is 10.1 Å². The van der Waals surface area contributed by atoms with Crippen LogP contribution in [0.5, 0.6) is 0 Å². The Balaban J connectivity index is 2.35. The van der Waals surface area contributed by atoms with Crippen molar-refractivity contribution in [3.63, 3.8) is 0 Å². The average molecular weight is 271 g/mol. The van der Waals surface area contributed by atoms with Gasteiger partial charge in [-0.3, -0.25) is 4.79 Å². The van der Waals surface area contributed by atoms with Gasteiger partial charge in [-0.05, 0) is 36.1 Å². The van der Waals surface area contributed by atoms with E-state index in [0.29, 0.717) is 0 Å². The molecule has 0 aliphatic carbocycles. The number of amides is 1. The van der Waals surface area contributed by atoms with Crippen LogP contribution >= 0.6 is 0 Å². The number of hydrogen-bond acceptors (Lipinski definition) is 1. The zero-order valence-corrected chi connectivity index (χ0v) is 11.7. The minimum absolute atomic E-state index is 0.0699. The molecule has 0 saturated carbocycles. The van der Waals surface area contributed by atoms with E-state index in [2.05, 4.69) is 5.32 Å². The van der Waals surface area contributed by atoms with Crippen molar-refractivity contribution in [3.8, 4) is 0 Å². The Morgan fingerprint density at radius 1 is 1.00 bits per heavy atom. The number of carbonyl (C=O) groups excluding carboxylic acids is 1. The molecule has 104 valence electrons. The van der Waals surface area contributed by atoms with Gasteiger partial charge >= 0.3 is 0 Å². The lowest BCUT2D eigenvalue weighted by Gasteiger charge is -2.14. The molecule has 2 aromatic rings. The average Bonchev–Trinajstić information content (AvgIpc) is 2.47. The molecule has 0 radical (unpaired) electrons. The third-order valence-corrected chi connectivity index (χ3v) is 3.36. The zero-order valence-electron chi connectivity index (χ0n) is 11.7. The lowest BCUT2D eigenvalue weighted by atomic mass is 10.0. The fourth-order valence-corrected chi connectivity index (χ4v) is 2.23. The summed E-state index contributed by atoms with van der Waals surface area (Å²) in [7, 11) is 0. The first-order valence-corrected chi connectivity index (χ1v) is 6.84. The van der Waals surface area contributed by atoms with Crippen molar-refractivity contribution < 1.29 is 9.18 Å². The van der Waals surface area contributed by atoms with E-state index in [9.17, 15) is 9.18 Å². The first-order chi connectivity index (χ1) is 9.67. The SMILES string of the molecule is CCc1cccc(CC)c1NC(=O)c1ccccc1F. The van der Waals surface area contributed by atoms with Crippen LogP contribution in [0.25, 0.3) is 0 Å². The molecule has 1 N–H and O–H groups in total. The Hall–Kier alpha value is -2.16. The highest BCUT2D eigenvalue weighted by Crippen LogP contribution is 2.23. The number of benzene rings is 2. The van der Waals surface area contributed by atoms with Crippen molar-refractivity contribution in [2.75, 3.05) is 5.32 Å². The van der Waals surface area contributed by atoms with Gasteiger partial charge < -0.3 is 5.32 Å². The molecule has 0 saturated heterocycles. The van der Waals surface area contributed by atoms with Gasteiger partial charge in [0, 0.05) is 5.69 Å². The van der Waals surface area contributed by atoms with Crippen LogP contribution in [-0.2, 0) is 12.8 Å². The fraction of sp³-hybridized carbons (Fsp3) is 0.235. The molecule has 0 spiro atoms. The second-order valence-electron chi connectivity index (χ2n) is 4.59. The molecule has 2 rings (SSSR count). The Kier molecular flexibility index (Phi) is 4.51. The van der Waals surface area contributed by atoms with Gasteiger partial charge in [-0.2, -0.15) is 0 Å². The molecule has 0 atom stereocenters. The molecular weight excluding hydrogens is 253 g/mol. The van der Waals surface area contributed by atoms with Crippen molar-refractivity contribution in [2.45, 2.75) is 26.7 Å². The number of halogens is 1. The van der Waals surface area contributed by atoms with Gasteiger partial charge in [-0.1, -0.05) is 44.2 Å². The molecule has 0 bridgehead atoms. The maximum absolute atomic E-state index is 13.6. The Labute approximate surface area is 118 Å². The van der Waals surface area contributed by atoms with Crippen molar-refractivity contribution in [1.29, 1.82) is 0 Å². The van der Waals surface area contributed by atoms with E-state index in [1.54, 1.807) is 12.1 Å². The lowest BCUT2D eigenvalue weighted by molar-refractivity contribution is 0.102. The van der Waals surface area contributed by atoms with Crippen molar-refractivity contribution >= 4 is 11.6 Å². The normalized spacial score (nSPS) is 10.3. The third kappa shape index (κ3) is 2.87. The maximum atomic E-state index is 13.6. The summed E-state index contributed by atoms with van der Waals surface area (Å²) in [6, 6.07) is 12.0. The highest BCUT2D eigenvalue weighted by Gasteiger charge is 2.14. The van der Waals surface area contributed by atoms with Crippen molar-refractivity contribution in [2.24, 2.45) is 0 Å². The maximum Gasteiger partial charge on any atom is 0.258 e. The first-order valence-electron chi connectivity index (χ1n) is 6.84. The van der Waals surface area contributed by atoms with Crippen LogP contribution < -0.4 is 5.32 Å². The van der Waals surface area contributed by atoms with Gasteiger partial charge in [0.15, 0.2) is 0 Å². The van der Waals surface area contributed by atoms with E-state index >= 15 is 0 Å². The highest BCUT2D eigenvalue weighted by molar-refractivity contribution is 6.05. The Morgan fingerprint density at radius 3 is 2.15 bits per heavy atom. The molecule has 0 fully saturated rings. The topological polar surface area (TPSA) is 29.1 Å². The largest absolute Gasteiger partial charge is 0.321 e. The van der Waals surface area contributed by atoms with Crippen LogP contribution in [0.15, 0.2) is 42.5 Å². The summed E-state index contributed by atoms with van der Waals surface area (Å²) in [5.74, 6) is -0.907. The molecule has 0 aliphatic heterocycles. The number of anilines is 1. The molecule has 0 unspecified atom stereocenters. The summed E-state index contributed by atoms with van der Waals surface area (Å²) < 4.78 is 13.6. The Bertz CT molecular complexity index is 600. The van der Waals surface area contributed by atoms with Gasteiger partial charge in [-0.25, -0.2) is 4.39 Å². The Morgan fingerprint density at radius 2 is 1.60 bits per heavy atom. The van der Waals surface area contributed by atoms with Gasteiger partial charge in [0.05, 0.1) is 5.56 Å². The van der Waals surface area contributed by atoms with Crippen LogP contribution in [0.3, 0.4) is 0 Å². The van der Waals surface area contributed by atoms with E-state index in [1.165, 1.54) is 12.1 Å². The van der Waals surface area contributed by atoms with Crippen LogP contribution in [-0.4, -0.2) is 5.91 Å². The molecule has 1 amide bonds. The number of para-hydroxylation sites is 1. The van der Waals surface area contributed by atoms with Gasteiger partial charge in [0.25, 0.3) is 5.91 Å². The van der Waals surface area contributed by atoms with E-state index in [0.717, 1.165) is 29.7 Å². The molecule has 20 heavy (non-hydrogen) atoms. The monoisotopic (exact) mass is 271 g/mol. The standard InChI is InChI=1S/C17H18FNO/c1-3-12-8-7-9-13(4-2)16(12)19-17(20)14-10-5-6-11-15(14)18/h5-11H,3-4H2,1-2H3,(H,19,20). The molecule has 2 aromatic carbocycles. The number of aryl methyl sites for hydroxylation is 2. The number of nitrogens with one attached hydrogen (secondary N) is 1. The van der Waals surface area contributed by atoms with Crippen molar-refractivity contribution in [1.82, 2.24) is 0 Å². The van der Waals surface area contributed by atoms with Gasteiger partial charge in [0.1, 0.15) is 5.82 Å². The lowest BCUT2D eigenvalue weighted by Crippen LogP contribution is -2.16. The summed E-state index contributed by atoms with van der Waals surface area (Å²) in [4.78, 5) is 12.2. The van der Waals surface area contributed by atoms with E-state index in [4.69, 9.17) is 0 Å². The third-order valence-electron chi connectivity index (χ3n) is 3.36.